The van der Waals surface area contributed by atoms with Crippen LogP contribution < -0.4 is 4.90 Å². The number of unbranched alkanes of at least 4 members (excludes halogenated alkanes) is 1. The van der Waals surface area contributed by atoms with Crippen LogP contribution in [0.15, 0.2) is 28.9 Å². The molecule has 17 heavy (non-hydrogen) atoms. The van der Waals surface area contributed by atoms with Gasteiger partial charge in [0.05, 0.1) is 5.52 Å². The standard InChI is InChI=1S/C13H16BrN3/c1-3-4-8-17(2)13-15-9-10-6-5-7-11(14)12(10)16-13/h5-7,9H,3-4,8H2,1-2H3. The van der Waals surface area contributed by atoms with Crippen LogP contribution in [0.3, 0.4) is 0 Å². The smallest absolute Gasteiger partial charge is 0.225 e. The predicted octanol–water partition coefficient (Wildman–Crippen LogP) is 3.63. The van der Waals surface area contributed by atoms with Gasteiger partial charge in [-0.3, -0.25) is 0 Å². The molecule has 0 spiro atoms. The van der Waals surface area contributed by atoms with Crippen LogP contribution in [0.5, 0.6) is 0 Å². The fourth-order valence-electron chi connectivity index (χ4n) is 1.69. The number of fused-ring (bicyclic) bond motifs is 1. The highest BCUT2D eigenvalue weighted by Gasteiger charge is 2.06. The molecule has 1 heterocycles. The molecule has 0 fully saturated rings. The molecule has 1 aromatic heterocycles. The van der Waals surface area contributed by atoms with Crippen LogP contribution in [0.1, 0.15) is 19.8 Å². The lowest BCUT2D eigenvalue weighted by Crippen LogP contribution is -2.20. The largest absolute Gasteiger partial charge is 0.344 e. The molecule has 2 aromatic rings. The van der Waals surface area contributed by atoms with Gasteiger partial charge in [-0.2, -0.15) is 0 Å². The van der Waals surface area contributed by atoms with Gasteiger partial charge in [-0.15, -0.1) is 0 Å². The molecular formula is C13H16BrN3. The third-order valence-corrected chi connectivity index (χ3v) is 3.38. The molecule has 0 saturated heterocycles. The molecule has 0 unspecified atom stereocenters. The topological polar surface area (TPSA) is 29.0 Å². The maximum absolute atomic E-state index is 4.60. The number of benzene rings is 1. The highest BCUT2D eigenvalue weighted by molar-refractivity contribution is 9.10. The second kappa shape index (κ2) is 5.45. The van der Waals surface area contributed by atoms with Gasteiger partial charge < -0.3 is 4.90 Å². The second-order valence-corrected chi connectivity index (χ2v) is 4.98. The number of rotatable bonds is 4. The van der Waals surface area contributed by atoms with Crippen molar-refractivity contribution in [1.29, 1.82) is 0 Å². The second-order valence-electron chi connectivity index (χ2n) is 4.12. The summed E-state index contributed by atoms with van der Waals surface area (Å²) in [6, 6.07) is 6.03. The molecule has 0 radical (unpaired) electrons. The first kappa shape index (κ1) is 12.3. The summed E-state index contributed by atoms with van der Waals surface area (Å²) in [5.74, 6) is 0.790. The van der Waals surface area contributed by atoms with Crippen LogP contribution in [-0.4, -0.2) is 23.6 Å². The summed E-state index contributed by atoms with van der Waals surface area (Å²) in [6.07, 6.45) is 4.22. The van der Waals surface area contributed by atoms with E-state index in [4.69, 9.17) is 0 Å². The molecule has 0 aliphatic carbocycles. The molecule has 0 amide bonds. The van der Waals surface area contributed by atoms with Gasteiger partial charge >= 0.3 is 0 Å². The van der Waals surface area contributed by atoms with Gasteiger partial charge in [0.25, 0.3) is 0 Å². The minimum absolute atomic E-state index is 0.790. The first-order chi connectivity index (χ1) is 8.22. The lowest BCUT2D eigenvalue weighted by Gasteiger charge is -2.16. The number of para-hydroxylation sites is 1. The van der Waals surface area contributed by atoms with E-state index >= 15 is 0 Å². The van der Waals surface area contributed by atoms with Crippen molar-refractivity contribution >= 4 is 32.8 Å². The van der Waals surface area contributed by atoms with Crippen molar-refractivity contribution in [2.24, 2.45) is 0 Å². The van der Waals surface area contributed by atoms with Crippen molar-refractivity contribution in [2.45, 2.75) is 19.8 Å². The predicted molar refractivity (Wildman–Crippen MR) is 75.4 cm³/mol. The Morgan fingerprint density at radius 2 is 2.18 bits per heavy atom. The van der Waals surface area contributed by atoms with E-state index in [9.17, 15) is 0 Å². The lowest BCUT2D eigenvalue weighted by atomic mass is 10.2. The van der Waals surface area contributed by atoms with Crippen molar-refractivity contribution in [3.63, 3.8) is 0 Å². The van der Waals surface area contributed by atoms with E-state index in [1.54, 1.807) is 0 Å². The summed E-state index contributed by atoms with van der Waals surface area (Å²) in [7, 11) is 2.04. The summed E-state index contributed by atoms with van der Waals surface area (Å²) in [5, 5.41) is 1.06. The summed E-state index contributed by atoms with van der Waals surface area (Å²) >= 11 is 3.52. The van der Waals surface area contributed by atoms with Crippen LogP contribution in [0.2, 0.25) is 0 Å². The zero-order valence-corrected chi connectivity index (χ0v) is 11.7. The minimum atomic E-state index is 0.790. The fourth-order valence-corrected chi connectivity index (χ4v) is 2.16. The Morgan fingerprint density at radius 3 is 2.94 bits per heavy atom. The molecule has 3 nitrogen and oxygen atoms in total. The molecule has 90 valence electrons. The Balaban J connectivity index is 2.33. The van der Waals surface area contributed by atoms with Crippen LogP contribution in [0, 0.1) is 0 Å². The van der Waals surface area contributed by atoms with E-state index in [1.165, 1.54) is 6.42 Å². The van der Waals surface area contributed by atoms with Gasteiger partial charge in [0.2, 0.25) is 5.95 Å². The SMILES string of the molecule is CCCCN(C)c1ncc2cccc(Br)c2n1. The molecule has 2 rings (SSSR count). The minimum Gasteiger partial charge on any atom is -0.344 e. The molecular weight excluding hydrogens is 278 g/mol. The van der Waals surface area contributed by atoms with E-state index in [0.717, 1.165) is 34.3 Å². The molecule has 0 aliphatic rings. The lowest BCUT2D eigenvalue weighted by molar-refractivity contribution is 0.751. The van der Waals surface area contributed by atoms with Crippen molar-refractivity contribution in [1.82, 2.24) is 9.97 Å². The molecule has 0 aliphatic heterocycles. The van der Waals surface area contributed by atoms with Crippen LogP contribution in [0.25, 0.3) is 10.9 Å². The number of hydrogen-bond donors (Lipinski definition) is 0. The Kier molecular flexibility index (Phi) is 3.94. The Hall–Kier alpha value is -1.16. The first-order valence-corrected chi connectivity index (χ1v) is 6.64. The first-order valence-electron chi connectivity index (χ1n) is 5.84. The van der Waals surface area contributed by atoms with Crippen LogP contribution >= 0.6 is 15.9 Å². The normalized spacial score (nSPS) is 10.8. The third kappa shape index (κ3) is 2.75. The summed E-state index contributed by atoms with van der Waals surface area (Å²) in [6.45, 7) is 3.18. The van der Waals surface area contributed by atoms with E-state index in [1.807, 2.05) is 31.4 Å². The molecule has 0 saturated carbocycles. The van der Waals surface area contributed by atoms with E-state index in [2.05, 4.69) is 37.7 Å². The number of aromatic nitrogens is 2. The molecule has 0 N–H and O–H groups in total. The fraction of sp³-hybridized carbons (Fsp3) is 0.385. The number of hydrogen-bond acceptors (Lipinski definition) is 3. The van der Waals surface area contributed by atoms with E-state index in [0.29, 0.717) is 0 Å². The average Bonchev–Trinajstić information content (AvgIpc) is 2.36. The average molecular weight is 294 g/mol. The maximum Gasteiger partial charge on any atom is 0.225 e. The zero-order chi connectivity index (χ0) is 12.3. The van der Waals surface area contributed by atoms with Gasteiger partial charge in [0, 0.05) is 29.6 Å². The van der Waals surface area contributed by atoms with E-state index < -0.39 is 0 Å². The Morgan fingerprint density at radius 1 is 1.35 bits per heavy atom. The van der Waals surface area contributed by atoms with Crippen molar-refractivity contribution in [3.8, 4) is 0 Å². The quantitative estimate of drug-likeness (QED) is 0.862. The number of anilines is 1. The maximum atomic E-state index is 4.60. The molecule has 1 aromatic carbocycles. The van der Waals surface area contributed by atoms with Crippen molar-refractivity contribution in [2.75, 3.05) is 18.5 Å². The number of nitrogens with zero attached hydrogens (tertiary/aromatic N) is 3. The number of halogens is 1. The van der Waals surface area contributed by atoms with Crippen molar-refractivity contribution in [3.05, 3.63) is 28.9 Å². The Labute approximate surface area is 110 Å². The Bertz CT molecular complexity index is 513. The van der Waals surface area contributed by atoms with Gasteiger partial charge in [-0.25, -0.2) is 9.97 Å². The monoisotopic (exact) mass is 293 g/mol. The van der Waals surface area contributed by atoms with Gasteiger partial charge in [-0.1, -0.05) is 25.5 Å². The summed E-state index contributed by atoms with van der Waals surface area (Å²) < 4.78 is 1.02. The zero-order valence-electron chi connectivity index (χ0n) is 10.2. The van der Waals surface area contributed by atoms with Crippen LogP contribution in [-0.2, 0) is 0 Å². The molecule has 0 atom stereocenters. The summed E-state index contributed by atoms with van der Waals surface area (Å²) in [4.78, 5) is 11.1. The van der Waals surface area contributed by atoms with Crippen molar-refractivity contribution < 1.29 is 0 Å². The van der Waals surface area contributed by atoms with Gasteiger partial charge in [0.1, 0.15) is 0 Å². The molecule has 4 heteroatoms. The van der Waals surface area contributed by atoms with Gasteiger partial charge in [-0.05, 0) is 28.4 Å². The molecule has 0 bridgehead atoms. The highest BCUT2D eigenvalue weighted by Crippen LogP contribution is 2.22. The third-order valence-electron chi connectivity index (χ3n) is 2.74. The summed E-state index contributed by atoms with van der Waals surface area (Å²) in [5.41, 5.74) is 0.973. The van der Waals surface area contributed by atoms with Crippen LogP contribution in [0.4, 0.5) is 5.95 Å². The van der Waals surface area contributed by atoms with Gasteiger partial charge in [0.15, 0.2) is 0 Å². The van der Waals surface area contributed by atoms with E-state index in [-0.39, 0.29) is 0 Å². The highest BCUT2D eigenvalue weighted by atomic mass is 79.9.